The molecule has 0 aromatic heterocycles. The Kier molecular flexibility index (Phi) is 47.9. The van der Waals surface area contributed by atoms with Gasteiger partial charge in [-0.15, -0.1) is 0 Å². The molecule has 0 aromatic carbocycles. The van der Waals surface area contributed by atoms with Crippen LogP contribution in [-0.2, 0) is 27.9 Å². The topological polar surface area (TPSA) is 94.1 Å². The zero-order valence-electron chi connectivity index (χ0n) is 43.8. The number of allylic oxidation sites excluding steroid dienone is 16. The van der Waals surface area contributed by atoms with E-state index in [1.807, 2.05) is 33.3 Å². The Morgan fingerprint density at radius 2 is 0.866 bits per heavy atom. The molecule has 0 saturated heterocycles. The van der Waals surface area contributed by atoms with Crippen molar-refractivity contribution in [2.75, 3.05) is 54.1 Å². The summed E-state index contributed by atoms with van der Waals surface area (Å²) in [7, 11) is 1.30. The van der Waals surface area contributed by atoms with Gasteiger partial charge in [0.1, 0.15) is 19.3 Å². The minimum atomic E-state index is -4.56. The number of carbonyl (C=O) groups is 1. The number of esters is 1. The van der Waals surface area contributed by atoms with Gasteiger partial charge in [-0.3, -0.25) is 9.36 Å². The molecule has 0 aromatic rings. The van der Waals surface area contributed by atoms with Gasteiger partial charge in [0.05, 0.1) is 34.4 Å². The maximum Gasteiger partial charge on any atom is 0.306 e. The van der Waals surface area contributed by atoms with E-state index in [4.69, 9.17) is 18.5 Å². The van der Waals surface area contributed by atoms with Crippen LogP contribution in [0.15, 0.2) is 97.2 Å². The molecule has 67 heavy (non-hydrogen) atoms. The monoisotopic (exact) mass is 956 g/mol. The van der Waals surface area contributed by atoms with E-state index in [0.717, 1.165) is 57.8 Å². The van der Waals surface area contributed by atoms with Gasteiger partial charge in [-0.2, -0.15) is 0 Å². The second-order valence-corrected chi connectivity index (χ2v) is 20.3. The number of carbonyl (C=O) groups excluding carboxylic acids is 1. The van der Waals surface area contributed by atoms with Crippen LogP contribution >= 0.6 is 7.82 Å². The highest BCUT2D eigenvalue weighted by Gasteiger charge is 2.20. The lowest BCUT2D eigenvalue weighted by Gasteiger charge is -2.28. The van der Waals surface area contributed by atoms with Crippen LogP contribution in [-0.4, -0.2) is 70.7 Å². The fourth-order valence-corrected chi connectivity index (χ4v) is 7.74. The molecule has 0 bridgehead atoms. The molecule has 0 aliphatic carbocycles. The molecule has 0 aliphatic heterocycles. The molecular formula is C58H102NO7P. The minimum absolute atomic E-state index is 0.00794. The standard InChI is InChI=1S/C58H102NO7P/c1-6-8-10-12-14-16-18-20-22-24-26-27-28-29-30-31-32-34-36-38-40-42-44-46-48-50-53-63-55-57(56-65-67(61,62)64-54-52-59(3,4)5)66-58(60)51-49-47-45-43-41-39-37-35-33-25-23-21-19-17-15-13-11-9-7-2/h9,11,15,17-18,20-21,23-24,26,33,35,39,41,45,47,57H,6-8,10,12-14,16,19,22,25,27-32,34,36-38,40,42-44,46,48-56H2,1-5H3/b11-9-,17-15-,20-18-,23-21-,26-24-,35-33-,41-39-,47-45-. The molecule has 2 unspecified atom stereocenters. The number of ether oxygens (including phenoxy) is 2. The van der Waals surface area contributed by atoms with Crippen molar-refractivity contribution in [1.29, 1.82) is 0 Å². The normalized spacial score (nSPS) is 14.3. The number of quaternary nitrogens is 1. The third-order valence-electron chi connectivity index (χ3n) is 11.1. The van der Waals surface area contributed by atoms with E-state index in [1.165, 1.54) is 122 Å². The molecule has 0 radical (unpaired) electrons. The summed E-state index contributed by atoms with van der Waals surface area (Å²) in [6, 6.07) is 0. The third-order valence-corrected chi connectivity index (χ3v) is 12.1. The Labute approximate surface area is 413 Å². The highest BCUT2D eigenvalue weighted by Crippen LogP contribution is 2.38. The van der Waals surface area contributed by atoms with Crippen molar-refractivity contribution in [2.24, 2.45) is 0 Å². The fourth-order valence-electron chi connectivity index (χ4n) is 7.01. The molecule has 0 amide bonds. The van der Waals surface area contributed by atoms with Gasteiger partial charge >= 0.3 is 5.97 Å². The molecular weight excluding hydrogens is 854 g/mol. The van der Waals surface area contributed by atoms with Gasteiger partial charge in [-0.05, 0) is 83.5 Å². The van der Waals surface area contributed by atoms with E-state index in [2.05, 4.69) is 98.9 Å². The average molecular weight is 956 g/mol. The quantitative estimate of drug-likeness (QED) is 0.0197. The van der Waals surface area contributed by atoms with Crippen LogP contribution in [0.5, 0.6) is 0 Å². The van der Waals surface area contributed by atoms with Crippen molar-refractivity contribution in [3.63, 3.8) is 0 Å². The van der Waals surface area contributed by atoms with E-state index in [1.54, 1.807) is 0 Å². The first-order valence-corrected chi connectivity index (χ1v) is 28.4. The lowest BCUT2D eigenvalue weighted by atomic mass is 10.0. The van der Waals surface area contributed by atoms with Crippen LogP contribution < -0.4 is 4.89 Å². The molecule has 0 fully saturated rings. The predicted molar refractivity (Wildman–Crippen MR) is 286 cm³/mol. The van der Waals surface area contributed by atoms with E-state index in [-0.39, 0.29) is 26.2 Å². The molecule has 8 nitrogen and oxygen atoms in total. The summed E-state index contributed by atoms with van der Waals surface area (Å²) in [4.78, 5) is 25.2. The summed E-state index contributed by atoms with van der Waals surface area (Å²) >= 11 is 0. The first-order valence-electron chi connectivity index (χ1n) is 27.0. The molecule has 0 aliphatic rings. The molecule has 0 heterocycles. The van der Waals surface area contributed by atoms with Crippen LogP contribution in [0.3, 0.4) is 0 Å². The van der Waals surface area contributed by atoms with Gasteiger partial charge in [-0.25, -0.2) is 0 Å². The number of unbranched alkanes of at least 4 members (excludes halogenated alkanes) is 19. The van der Waals surface area contributed by atoms with Crippen molar-refractivity contribution in [3.05, 3.63) is 97.2 Å². The van der Waals surface area contributed by atoms with Gasteiger partial charge in [0.15, 0.2) is 0 Å². The summed E-state index contributed by atoms with van der Waals surface area (Å²) in [6.45, 7) is 5.18. The maximum absolute atomic E-state index is 12.7. The molecule has 2 atom stereocenters. The lowest BCUT2D eigenvalue weighted by molar-refractivity contribution is -0.870. The number of hydrogen-bond donors (Lipinski definition) is 0. The van der Waals surface area contributed by atoms with E-state index in [0.29, 0.717) is 24.1 Å². The Morgan fingerprint density at radius 3 is 1.30 bits per heavy atom. The smallest absolute Gasteiger partial charge is 0.306 e. The summed E-state index contributed by atoms with van der Waals surface area (Å²) in [5, 5.41) is 0. The highest BCUT2D eigenvalue weighted by atomic mass is 31.2. The van der Waals surface area contributed by atoms with E-state index >= 15 is 0 Å². The van der Waals surface area contributed by atoms with Crippen LogP contribution in [0, 0.1) is 0 Å². The van der Waals surface area contributed by atoms with Crippen molar-refractivity contribution in [2.45, 2.75) is 213 Å². The molecule has 0 saturated carbocycles. The SMILES string of the molecule is CC/C=C\C/C=C\C/C=C\C/C=C\C/C=C\C/C=C\CCC(=O)OC(COCCCCCCCCCCCCCCCC/C=C\C/C=C\CCCCCCC)COP(=O)([O-])OCC[N+](C)(C)C. The largest absolute Gasteiger partial charge is 0.756 e. The van der Waals surface area contributed by atoms with Crippen LogP contribution in [0.1, 0.15) is 206 Å². The van der Waals surface area contributed by atoms with Gasteiger partial charge in [0, 0.05) is 13.0 Å². The molecule has 0 N–H and O–H groups in total. The summed E-state index contributed by atoms with van der Waals surface area (Å²) in [6.07, 6.45) is 68.9. The Morgan fingerprint density at radius 1 is 0.478 bits per heavy atom. The summed E-state index contributed by atoms with van der Waals surface area (Å²) in [5.74, 6) is -0.417. The average Bonchev–Trinajstić information content (AvgIpc) is 3.29. The minimum Gasteiger partial charge on any atom is -0.756 e. The zero-order valence-corrected chi connectivity index (χ0v) is 44.7. The van der Waals surface area contributed by atoms with Gasteiger partial charge in [0.2, 0.25) is 0 Å². The number of rotatable bonds is 49. The summed E-state index contributed by atoms with van der Waals surface area (Å²) in [5.41, 5.74) is 0. The zero-order chi connectivity index (χ0) is 49.0. The number of nitrogens with zero attached hydrogens (tertiary/aromatic N) is 1. The number of phosphoric acid groups is 1. The number of likely N-dealkylation sites (N-methyl/N-ethyl adjacent to an activating group) is 1. The second kappa shape index (κ2) is 49.8. The van der Waals surface area contributed by atoms with Gasteiger partial charge < -0.3 is 27.9 Å². The van der Waals surface area contributed by atoms with Gasteiger partial charge in [-0.1, -0.05) is 214 Å². The molecule has 9 heteroatoms. The van der Waals surface area contributed by atoms with E-state index in [9.17, 15) is 14.3 Å². The van der Waals surface area contributed by atoms with Crippen LogP contribution in [0.4, 0.5) is 0 Å². The Hall–Kier alpha value is -2.58. The number of hydrogen-bond acceptors (Lipinski definition) is 7. The van der Waals surface area contributed by atoms with Crippen LogP contribution in [0.25, 0.3) is 0 Å². The molecule has 386 valence electrons. The number of phosphoric ester groups is 1. The second-order valence-electron chi connectivity index (χ2n) is 18.9. The lowest BCUT2D eigenvalue weighted by Crippen LogP contribution is -2.37. The van der Waals surface area contributed by atoms with Crippen molar-refractivity contribution >= 4 is 13.8 Å². The fraction of sp³-hybridized carbons (Fsp3) is 0.707. The Balaban J connectivity index is 4.19. The maximum atomic E-state index is 12.7. The molecule has 0 spiro atoms. The molecule has 0 rings (SSSR count). The first kappa shape index (κ1) is 64.4. The predicted octanol–water partition coefficient (Wildman–Crippen LogP) is 16.3. The first-order chi connectivity index (χ1) is 32.6. The third kappa shape index (κ3) is 54.2. The van der Waals surface area contributed by atoms with Crippen molar-refractivity contribution < 1.29 is 37.3 Å². The van der Waals surface area contributed by atoms with Crippen LogP contribution in [0.2, 0.25) is 0 Å². The Bertz CT molecular complexity index is 1390. The van der Waals surface area contributed by atoms with Crippen molar-refractivity contribution in [1.82, 2.24) is 0 Å². The van der Waals surface area contributed by atoms with E-state index < -0.39 is 19.9 Å². The highest BCUT2D eigenvalue weighted by molar-refractivity contribution is 7.45. The van der Waals surface area contributed by atoms with Crippen molar-refractivity contribution in [3.8, 4) is 0 Å². The van der Waals surface area contributed by atoms with Gasteiger partial charge in [0.25, 0.3) is 7.82 Å². The summed E-state index contributed by atoms with van der Waals surface area (Å²) < 4.78 is 34.7.